The second-order valence-electron chi connectivity index (χ2n) is 1.55. The Morgan fingerprint density at radius 2 is 2.29 bits per heavy atom. The lowest BCUT2D eigenvalue weighted by atomic mass is 10.4. The molecule has 2 heteroatoms. The van der Waals surface area contributed by atoms with Crippen molar-refractivity contribution in [3.05, 3.63) is 0 Å². The molecule has 0 heterocycles. The van der Waals surface area contributed by atoms with Gasteiger partial charge in [0, 0.05) is 6.61 Å². The molecule has 7 heavy (non-hydrogen) atoms. The van der Waals surface area contributed by atoms with Crippen molar-refractivity contribution < 1.29 is 3.17 Å². The third-order valence-corrected chi connectivity index (χ3v) is 1.54. The Labute approximate surface area is 55.7 Å². The van der Waals surface area contributed by atoms with Crippen molar-refractivity contribution in [1.82, 2.24) is 0 Å². The average Bonchev–Trinajstić information content (AvgIpc) is 1.69. The number of unbranched alkanes of at least 4 members (excludes halogenated alkanes) is 1. The van der Waals surface area contributed by atoms with Crippen LogP contribution >= 0.6 is 0 Å². The van der Waals surface area contributed by atoms with E-state index in [2.05, 4.69) is 12.0 Å². The van der Waals surface area contributed by atoms with Crippen molar-refractivity contribution in [2.75, 3.05) is 6.61 Å². The first kappa shape index (κ1) is 7.73. The highest BCUT2D eigenvalue weighted by Gasteiger charge is 1.83. The summed E-state index contributed by atoms with van der Waals surface area (Å²) in [7, 11) is 0. The second-order valence-corrected chi connectivity index (χ2v) is 2.54. The Kier molecular flexibility index (Phi) is 7.42. The first-order chi connectivity index (χ1) is 3.41. The number of rotatable bonds is 4. The lowest BCUT2D eigenvalue weighted by Crippen LogP contribution is -1.94. The smallest absolute Gasteiger partial charge is 0.562 e. The van der Waals surface area contributed by atoms with Gasteiger partial charge in [-0.3, -0.25) is 0 Å². The average molecular weight is 112 g/mol. The molecule has 0 N–H and O–H groups in total. The summed E-state index contributed by atoms with van der Waals surface area (Å²) in [6.07, 6.45) is 2.50. The number of hydrogen-bond donors (Lipinski definition) is 0. The van der Waals surface area contributed by atoms with Crippen LogP contribution in [0, 0.1) is 0 Å². The minimum atomic E-state index is -0.106. The van der Waals surface area contributed by atoms with Crippen molar-refractivity contribution in [2.45, 2.75) is 24.8 Å². The van der Waals surface area contributed by atoms with Crippen molar-refractivity contribution in [1.29, 1.82) is 0 Å². The van der Waals surface area contributed by atoms with E-state index in [1.165, 1.54) is 12.8 Å². The van der Waals surface area contributed by atoms with Crippen LogP contribution in [-0.4, -0.2) is 27.4 Å². The van der Waals surface area contributed by atoms with Crippen LogP contribution in [0.15, 0.2) is 0 Å². The van der Waals surface area contributed by atoms with Crippen molar-refractivity contribution in [3.8, 4) is 0 Å². The van der Waals surface area contributed by atoms with Gasteiger partial charge in [0.2, 0.25) is 0 Å². The molecule has 0 aromatic carbocycles. The summed E-state index contributed by atoms with van der Waals surface area (Å²) in [4.78, 5) is 0. The summed E-state index contributed by atoms with van der Waals surface area (Å²) < 4.78 is 5.21. The van der Waals surface area contributed by atoms with E-state index < -0.39 is 0 Å². The van der Waals surface area contributed by atoms with Crippen LogP contribution in [-0.2, 0) is 3.17 Å². The molecule has 1 nitrogen and oxygen atoms in total. The van der Waals surface area contributed by atoms with Crippen LogP contribution in [0.1, 0.15) is 19.8 Å². The Morgan fingerprint density at radius 1 is 1.57 bits per heavy atom. The molecule has 0 aliphatic rings. The van der Waals surface area contributed by atoms with E-state index in [0.717, 1.165) is 6.61 Å². The fraction of sp³-hybridized carbons (Fsp3) is 1.00. The first-order valence-electron chi connectivity index (χ1n) is 2.99. The van der Waals surface area contributed by atoms with Crippen molar-refractivity contribution in [3.63, 3.8) is 0 Å². The highest BCUT2D eigenvalue weighted by atomic mass is 24.5. The van der Waals surface area contributed by atoms with E-state index in [0.29, 0.717) is 0 Å². The highest BCUT2D eigenvalue weighted by molar-refractivity contribution is 6.24. The van der Waals surface area contributed by atoms with Crippen LogP contribution in [0.25, 0.3) is 0 Å². The molecule has 40 valence electrons. The molecule has 0 unspecified atom stereocenters. The van der Waals surface area contributed by atoms with Gasteiger partial charge in [0.1, 0.15) is 0 Å². The standard InChI is InChI=1S/C4H9O.CH3.Mg/c1-2-3-4-5;;/h2-4H2,1H3;1H3;/q-1;;+1. The van der Waals surface area contributed by atoms with E-state index >= 15 is 0 Å². The molecule has 0 radical (unpaired) electrons. The molecule has 0 saturated heterocycles. The Hall–Kier alpha value is 0.726. The van der Waals surface area contributed by atoms with Crippen LogP contribution < -0.4 is 0 Å². The predicted molar refractivity (Wildman–Crippen MR) is 32.5 cm³/mol. The van der Waals surface area contributed by atoms with Crippen LogP contribution in [0.2, 0.25) is 5.05 Å². The van der Waals surface area contributed by atoms with Gasteiger partial charge >= 0.3 is 20.8 Å². The van der Waals surface area contributed by atoms with E-state index in [-0.39, 0.29) is 20.8 Å². The Morgan fingerprint density at radius 3 is 2.71 bits per heavy atom. The van der Waals surface area contributed by atoms with E-state index in [1.54, 1.807) is 0 Å². The van der Waals surface area contributed by atoms with Gasteiger partial charge in [0.05, 0.1) is 0 Å². The van der Waals surface area contributed by atoms with Gasteiger partial charge in [-0.15, -0.1) is 5.05 Å². The summed E-state index contributed by atoms with van der Waals surface area (Å²) in [5, 5.41) is 2.16. The molecular weight excluding hydrogens is 100 g/mol. The molecule has 0 amide bonds. The molecule has 0 aliphatic carbocycles. The van der Waals surface area contributed by atoms with Gasteiger partial charge in [0.15, 0.2) is 0 Å². The molecule has 0 spiro atoms. The van der Waals surface area contributed by atoms with Crippen LogP contribution in [0.3, 0.4) is 0 Å². The monoisotopic (exact) mass is 112 g/mol. The van der Waals surface area contributed by atoms with Crippen LogP contribution in [0.5, 0.6) is 0 Å². The van der Waals surface area contributed by atoms with Crippen LogP contribution in [0.4, 0.5) is 0 Å². The zero-order valence-corrected chi connectivity index (χ0v) is 6.65. The van der Waals surface area contributed by atoms with Gasteiger partial charge < -0.3 is 3.17 Å². The predicted octanol–water partition coefficient (Wildman–Crippen LogP) is 1.47. The first-order valence-corrected chi connectivity index (χ1v) is 4.98. The minimum absolute atomic E-state index is 0.106. The van der Waals surface area contributed by atoms with Gasteiger partial charge in [0.25, 0.3) is 0 Å². The second kappa shape index (κ2) is 6.73. The van der Waals surface area contributed by atoms with Crippen molar-refractivity contribution >= 4 is 20.8 Å². The number of hydrogen-bond acceptors (Lipinski definition) is 1. The molecule has 0 aliphatic heterocycles. The Balaban J connectivity index is 2.45. The third-order valence-electron chi connectivity index (χ3n) is 0.846. The maximum Gasteiger partial charge on any atom is 0.562 e. The normalized spacial score (nSPS) is 8.29. The molecule has 0 fully saturated rings. The zero-order valence-electron chi connectivity index (χ0n) is 5.24. The van der Waals surface area contributed by atoms with Gasteiger partial charge in [-0.25, -0.2) is 0 Å². The third kappa shape index (κ3) is 6.73. The summed E-state index contributed by atoms with van der Waals surface area (Å²) in [6.45, 7) is 3.18. The van der Waals surface area contributed by atoms with E-state index in [1.807, 2.05) is 0 Å². The summed E-state index contributed by atoms with van der Waals surface area (Å²) in [5.74, 6) is 0. The zero-order chi connectivity index (χ0) is 5.54. The maximum atomic E-state index is 5.21. The van der Waals surface area contributed by atoms with Gasteiger partial charge in [-0.1, -0.05) is 13.3 Å². The van der Waals surface area contributed by atoms with Gasteiger partial charge in [-0.05, 0) is 6.42 Å². The van der Waals surface area contributed by atoms with E-state index in [9.17, 15) is 0 Å². The molecule has 0 bridgehead atoms. The molecule has 0 aromatic heterocycles. The van der Waals surface area contributed by atoms with E-state index in [4.69, 9.17) is 3.17 Å². The molecular formula is C5H12MgO. The topological polar surface area (TPSA) is 9.23 Å². The fourth-order valence-electron chi connectivity index (χ4n) is 0.391. The van der Waals surface area contributed by atoms with Crippen molar-refractivity contribution in [2.24, 2.45) is 0 Å². The molecule has 0 saturated carbocycles. The quantitative estimate of drug-likeness (QED) is 0.395. The summed E-state index contributed by atoms with van der Waals surface area (Å²) >= 11 is -0.106. The lowest BCUT2D eigenvalue weighted by Gasteiger charge is -1.96. The minimum Gasteiger partial charge on any atom is -0.565 e. The summed E-state index contributed by atoms with van der Waals surface area (Å²) in [6, 6.07) is 0. The Bertz CT molecular complexity index is 27.3. The largest absolute Gasteiger partial charge is 0.565 e. The molecule has 0 aromatic rings. The fourth-order valence-corrected chi connectivity index (χ4v) is 0.884. The highest BCUT2D eigenvalue weighted by Crippen LogP contribution is 1.84. The molecule has 0 atom stereocenters. The molecule has 0 rings (SSSR count). The lowest BCUT2D eigenvalue weighted by molar-refractivity contribution is 0.329. The summed E-state index contributed by atoms with van der Waals surface area (Å²) in [5.41, 5.74) is 0. The maximum absolute atomic E-state index is 5.21. The SMILES string of the molecule is CCCC[O][Mg][CH3]. The van der Waals surface area contributed by atoms with Gasteiger partial charge in [-0.2, -0.15) is 0 Å².